The Labute approximate surface area is 164 Å². The highest BCUT2D eigenvalue weighted by Gasteiger charge is 2.05. The van der Waals surface area contributed by atoms with Crippen molar-refractivity contribution in [3.63, 3.8) is 0 Å². The van der Waals surface area contributed by atoms with E-state index in [-0.39, 0.29) is 0 Å². The highest BCUT2D eigenvalue weighted by molar-refractivity contribution is 5.83. The molecule has 2 aromatic heterocycles. The molecule has 4 rings (SSSR count). The molecule has 0 saturated heterocycles. The maximum atomic E-state index is 5.19. The first-order valence-corrected chi connectivity index (χ1v) is 9.27. The number of ether oxygens (including phenoxy) is 1. The summed E-state index contributed by atoms with van der Waals surface area (Å²) in [7, 11) is 1.66. The number of aryl methyl sites for hydroxylation is 1. The third-order valence-electron chi connectivity index (χ3n) is 4.57. The number of aromatic nitrogens is 3. The van der Waals surface area contributed by atoms with Gasteiger partial charge in [0.15, 0.2) is 0 Å². The molecule has 0 atom stereocenters. The quantitative estimate of drug-likeness (QED) is 0.439. The Balaban J connectivity index is 1.41. The van der Waals surface area contributed by atoms with E-state index in [4.69, 9.17) is 4.74 Å². The number of anilines is 3. The van der Waals surface area contributed by atoms with Gasteiger partial charge in [0.05, 0.1) is 7.11 Å². The fourth-order valence-corrected chi connectivity index (χ4v) is 3.18. The van der Waals surface area contributed by atoms with E-state index in [9.17, 15) is 0 Å². The summed E-state index contributed by atoms with van der Waals surface area (Å²) in [5.41, 5.74) is 4.30. The molecular weight excluding hydrogens is 350 g/mol. The van der Waals surface area contributed by atoms with Crippen molar-refractivity contribution in [1.29, 1.82) is 0 Å². The third-order valence-corrected chi connectivity index (χ3v) is 4.57. The van der Waals surface area contributed by atoms with Gasteiger partial charge in [0.25, 0.3) is 0 Å². The van der Waals surface area contributed by atoms with E-state index in [0.29, 0.717) is 5.95 Å². The van der Waals surface area contributed by atoms with Gasteiger partial charge in [-0.1, -0.05) is 18.2 Å². The van der Waals surface area contributed by atoms with Gasteiger partial charge in [0, 0.05) is 41.1 Å². The molecular formula is C22H23N5O. The molecule has 0 bridgehead atoms. The van der Waals surface area contributed by atoms with Gasteiger partial charge >= 0.3 is 0 Å². The second kappa shape index (κ2) is 8.00. The molecule has 2 aromatic carbocycles. The number of fused-ring (bicyclic) bond motifs is 1. The molecule has 0 radical (unpaired) electrons. The molecule has 0 amide bonds. The van der Waals surface area contributed by atoms with Crippen LogP contribution in [-0.2, 0) is 6.42 Å². The zero-order valence-corrected chi connectivity index (χ0v) is 16.0. The summed E-state index contributed by atoms with van der Waals surface area (Å²) in [4.78, 5) is 12.4. The van der Waals surface area contributed by atoms with Crippen molar-refractivity contribution in [1.82, 2.24) is 15.0 Å². The number of H-pyrrole nitrogens is 1. The summed E-state index contributed by atoms with van der Waals surface area (Å²) in [6.07, 6.45) is 2.96. The monoisotopic (exact) mass is 373 g/mol. The van der Waals surface area contributed by atoms with Crippen molar-refractivity contribution in [3.05, 3.63) is 72.1 Å². The number of hydrogen-bond acceptors (Lipinski definition) is 5. The van der Waals surface area contributed by atoms with Gasteiger partial charge in [0.2, 0.25) is 5.95 Å². The molecule has 3 N–H and O–H groups in total. The Bertz CT molecular complexity index is 1070. The fourth-order valence-electron chi connectivity index (χ4n) is 3.18. The Hall–Kier alpha value is -3.54. The first-order chi connectivity index (χ1) is 13.7. The van der Waals surface area contributed by atoms with E-state index in [0.717, 1.165) is 41.4 Å². The fraction of sp³-hybridized carbons (Fsp3) is 0.182. The molecule has 142 valence electrons. The van der Waals surface area contributed by atoms with Crippen LogP contribution in [0, 0.1) is 6.92 Å². The first kappa shape index (κ1) is 17.9. The lowest BCUT2D eigenvalue weighted by Crippen LogP contribution is -2.09. The normalized spacial score (nSPS) is 10.8. The molecule has 0 fully saturated rings. The summed E-state index contributed by atoms with van der Waals surface area (Å²) < 4.78 is 5.19. The van der Waals surface area contributed by atoms with Gasteiger partial charge in [-0.25, -0.2) is 4.98 Å². The molecule has 4 aromatic rings. The number of hydrogen-bond donors (Lipinski definition) is 3. The van der Waals surface area contributed by atoms with Crippen LogP contribution in [0.15, 0.2) is 60.8 Å². The molecule has 2 heterocycles. The number of rotatable bonds is 7. The van der Waals surface area contributed by atoms with Crippen LogP contribution in [0.1, 0.15) is 11.3 Å². The standard InChI is InChI=1S/C22H23N5O/c1-15-13-21(26-17-7-9-18(28-2)10-8-17)27-22(25-15)23-12-11-16-14-24-20-6-4-3-5-19(16)20/h3-10,13-14,24H,11-12H2,1-2H3,(H2,23,25,26,27). The average molecular weight is 373 g/mol. The number of aromatic amines is 1. The molecule has 0 aliphatic rings. The molecule has 0 aliphatic heterocycles. The van der Waals surface area contributed by atoms with Crippen LogP contribution in [0.4, 0.5) is 17.5 Å². The Morgan fingerprint density at radius 2 is 1.86 bits per heavy atom. The molecule has 6 heteroatoms. The minimum absolute atomic E-state index is 0.621. The maximum Gasteiger partial charge on any atom is 0.224 e. The number of methoxy groups -OCH3 is 1. The minimum atomic E-state index is 0.621. The third kappa shape index (κ3) is 4.06. The number of nitrogens with one attached hydrogen (secondary N) is 3. The van der Waals surface area contributed by atoms with Gasteiger partial charge in [-0.05, 0) is 49.2 Å². The van der Waals surface area contributed by atoms with Crippen LogP contribution in [0.25, 0.3) is 10.9 Å². The van der Waals surface area contributed by atoms with Crippen molar-refractivity contribution < 1.29 is 4.74 Å². The number of nitrogens with zero attached hydrogens (tertiary/aromatic N) is 2. The van der Waals surface area contributed by atoms with Gasteiger partial charge in [-0.2, -0.15) is 4.98 Å². The highest BCUT2D eigenvalue weighted by Crippen LogP contribution is 2.21. The lowest BCUT2D eigenvalue weighted by Gasteiger charge is -2.10. The predicted molar refractivity (Wildman–Crippen MR) is 114 cm³/mol. The predicted octanol–water partition coefficient (Wildman–Crippen LogP) is 4.67. The van der Waals surface area contributed by atoms with Crippen molar-refractivity contribution in [2.24, 2.45) is 0 Å². The SMILES string of the molecule is COc1ccc(Nc2cc(C)nc(NCCc3c[nH]c4ccccc34)n2)cc1. The van der Waals surface area contributed by atoms with Crippen LogP contribution in [0.5, 0.6) is 5.75 Å². The Morgan fingerprint density at radius 1 is 1.04 bits per heavy atom. The first-order valence-electron chi connectivity index (χ1n) is 9.27. The summed E-state index contributed by atoms with van der Waals surface area (Å²) in [5, 5.41) is 7.91. The minimum Gasteiger partial charge on any atom is -0.497 e. The van der Waals surface area contributed by atoms with E-state index in [1.807, 2.05) is 43.3 Å². The van der Waals surface area contributed by atoms with Crippen molar-refractivity contribution in [3.8, 4) is 5.75 Å². The zero-order valence-electron chi connectivity index (χ0n) is 16.0. The van der Waals surface area contributed by atoms with E-state index in [1.54, 1.807) is 7.11 Å². The van der Waals surface area contributed by atoms with E-state index in [2.05, 4.69) is 50.0 Å². The van der Waals surface area contributed by atoms with E-state index < -0.39 is 0 Å². The van der Waals surface area contributed by atoms with Crippen LogP contribution < -0.4 is 15.4 Å². The second-order valence-corrected chi connectivity index (χ2v) is 6.61. The summed E-state index contributed by atoms with van der Waals surface area (Å²) in [6, 6.07) is 18.0. The van der Waals surface area contributed by atoms with Gasteiger partial charge in [-0.15, -0.1) is 0 Å². The topological polar surface area (TPSA) is 74.9 Å². The number of para-hydroxylation sites is 1. The van der Waals surface area contributed by atoms with Crippen LogP contribution in [-0.4, -0.2) is 28.6 Å². The smallest absolute Gasteiger partial charge is 0.224 e. The van der Waals surface area contributed by atoms with Gasteiger partial charge in [0.1, 0.15) is 11.6 Å². The maximum absolute atomic E-state index is 5.19. The van der Waals surface area contributed by atoms with Crippen molar-refractivity contribution in [2.75, 3.05) is 24.3 Å². The molecule has 0 spiro atoms. The molecule has 0 aliphatic carbocycles. The van der Waals surface area contributed by atoms with E-state index >= 15 is 0 Å². The summed E-state index contributed by atoms with van der Waals surface area (Å²) in [6.45, 7) is 2.72. The average Bonchev–Trinajstić information content (AvgIpc) is 3.11. The number of benzene rings is 2. The zero-order chi connectivity index (χ0) is 19.3. The molecule has 28 heavy (non-hydrogen) atoms. The van der Waals surface area contributed by atoms with Gasteiger partial charge in [-0.3, -0.25) is 0 Å². The summed E-state index contributed by atoms with van der Waals surface area (Å²) in [5.74, 6) is 2.20. The Morgan fingerprint density at radius 3 is 2.68 bits per heavy atom. The highest BCUT2D eigenvalue weighted by atomic mass is 16.5. The van der Waals surface area contributed by atoms with Crippen molar-refractivity contribution in [2.45, 2.75) is 13.3 Å². The van der Waals surface area contributed by atoms with Crippen LogP contribution in [0.2, 0.25) is 0 Å². The molecule has 6 nitrogen and oxygen atoms in total. The van der Waals surface area contributed by atoms with Crippen LogP contribution >= 0.6 is 0 Å². The Kier molecular flexibility index (Phi) is 5.10. The molecule has 0 saturated carbocycles. The van der Waals surface area contributed by atoms with E-state index in [1.165, 1.54) is 10.9 Å². The van der Waals surface area contributed by atoms with Crippen LogP contribution in [0.3, 0.4) is 0 Å². The van der Waals surface area contributed by atoms with Gasteiger partial charge < -0.3 is 20.4 Å². The summed E-state index contributed by atoms with van der Waals surface area (Å²) >= 11 is 0. The lowest BCUT2D eigenvalue weighted by atomic mass is 10.1. The lowest BCUT2D eigenvalue weighted by molar-refractivity contribution is 0.415. The second-order valence-electron chi connectivity index (χ2n) is 6.61. The molecule has 0 unspecified atom stereocenters. The van der Waals surface area contributed by atoms with Crippen molar-refractivity contribution >= 4 is 28.4 Å². The largest absolute Gasteiger partial charge is 0.497 e.